The van der Waals surface area contributed by atoms with E-state index >= 15 is 0 Å². The van der Waals surface area contributed by atoms with Gasteiger partial charge in [0.2, 0.25) is 5.91 Å². The molecule has 0 radical (unpaired) electrons. The fourth-order valence-electron chi connectivity index (χ4n) is 1.90. The highest BCUT2D eigenvalue weighted by atomic mass is 16.2. The second kappa shape index (κ2) is 6.13. The van der Waals surface area contributed by atoms with E-state index < -0.39 is 0 Å². The second-order valence-corrected chi connectivity index (χ2v) is 4.46. The van der Waals surface area contributed by atoms with Crippen molar-refractivity contribution in [1.29, 1.82) is 0 Å². The Morgan fingerprint density at radius 3 is 2.74 bits per heavy atom. The average molecular weight is 259 g/mol. The minimum atomic E-state index is -0.185. The molecule has 0 aliphatic carbocycles. The van der Waals surface area contributed by atoms with Crippen LogP contribution in [-0.4, -0.2) is 36.1 Å². The van der Waals surface area contributed by atoms with Crippen LogP contribution < -0.4 is 5.32 Å². The van der Waals surface area contributed by atoms with Gasteiger partial charge in [0.05, 0.1) is 0 Å². The lowest BCUT2D eigenvalue weighted by atomic mass is 10.1. The van der Waals surface area contributed by atoms with Crippen LogP contribution in [0.3, 0.4) is 0 Å². The molecule has 1 N–H and O–H groups in total. The lowest BCUT2D eigenvalue weighted by molar-refractivity contribution is -0.130. The third-order valence-electron chi connectivity index (χ3n) is 3.01. The van der Waals surface area contributed by atoms with Gasteiger partial charge in [-0.15, -0.1) is 0 Å². The van der Waals surface area contributed by atoms with Gasteiger partial charge in [-0.1, -0.05) is 30.3 Å². The molecule has 0 unspecified atom stereocenters. The normalized spacial score (nSPS) is 15.1. The number of hydrogen-bond donors (Lipinski definition) is 1. The van der Waals surface area contributed by atoms with Gasteiger partial charge in [0.25, 0.3) is 5.91 Å². The molecule has 1 aromatic rings. The summed E-state index contributed by atoms with van der Waals surface area (Å²) in [4.78, 5) is 23.1. The molecule has 1 aliphatic rings. The number of nitrogens with one attached hydrogen (secondary N) is 1. The summed E-state index contributed by atoms with van der Waals surface area (Å²) in [5, 5.41) is 8.04. The van der Waals surface area contributed by atoms with Crippen molar-refractivity contribution in [3.63, 3.8) is 0 Å². The molecule has 0 fully saturated rings. The van der Waals surface area contributed by atoms with Gasteiger partial charge >= 0.3 is 0 Å². The fraction of sp³-hybridized carbons (Fsp3) is 0.357. The molecule has 5 nitrogen and oxygen atoms in total. The SMILES string of the molecule is CN1N=C(C(=O)NCCc2ccccc2)CCC1=O. The predicted molar refractivity (Wildman–Crippen MR) is 72.6 cm³/mol. The zero-order valence-electron chi connectivity index (χ0n) is 10.9. The first-order valence-electron chi connectivity index (χ1n) is 6.33. The van der Waals surface area contributed by atoms with E-state index in [0.717, 1.165) is 6.42 Å². The maximum atomic E-state index is 11.9. The standard InChI is InChI=1S/C14H17N3O2/c1-17-13(18)8-7-12(16-17)14(19)15-10-9-11-5-3-2-4-6-11/h2-6H,7-10H2,1H3,(H,15,19). The van der Waals surface area contributed by atoms with Gasteiger partial charge in [-0.2, -0.15) is 5.10 Å². The highest BCUT2D eigenvalue weighted by Gasteiger charge is 2.21. The van der Waals surface area contributed by atoms with E-state index in [2.05, 4.69) is 10.4 Å². The number of hydrazone groups is 1. The summed E-state index contributed by atoms with van der Waals surface area (Å²) in [6, 6.07) is 9.96. The number of hydrogen-bond acceptors (Lipinski definition) is 3. The Bertz CT molecular complexity index is 497. The molecule has 0 atom stereocenters. The molecule has 5 heteroatoms. The summed E-state index contributed by atoms with van der Waals surface area (Å²) in [7, 11) is 1.57. The Kier molecular flexibility index (Phi) is 4.28. The van der Waals surface area contributed by atoms with Gasteiger partial charge in [0.1, 0.15) is 5.71 Å². The molecule has 1 aliphatic heterocycles. The van der Waals surface area contributed by atoms with Crippen LogP contribution in [-0.2, 0) is 16.0 Å². The number of nitrogens with zero attached hydrogens (tertiary/aromatic N) is 2. The van der Waals surface area contributed by atoms with Crippen LogP contribution in [0.25, 0.3) is 0 Å². The maximum absolute atomic E-state index is 11.9. The van der Waals surface area contributed by atoms with Crippen LogP contribution in [0.1, 0.15) is 18.4 Å². The van der Waals surface area contributed by atoms with E-state index in [-0.39, 0.29) is 11.8 Å². The third-order valence-corrected chi connectivity index (χ3v) is 3.01. The van der Waals surface area contributed by atoms with E-state index in [4.69, 9.17) is 0 Å². The molecule has 2 rings (SSSR count). The van der Waals surface area contributed by atoms with E-state index in [0.29, 0.717) is 25.1 Å². The molecule has 19 heavy (non-hydrogen) atoms. The summed E-state index contributed by atoms with van der Waals surface area (Å²) in [6.07, 6.45) is 1.55. The fourth-order valence-corrected chi connectivity index (χ4v) is 1.90. The van der Waals surface area contributed by atoms with Gasteiger partial charge in [-0.25, -0.2) is 5.01 Å². The van der Waals surface area contributed by atoms with E-state index in [1.165, 1.54) is 10.6 Å². The minimum absolute atomic E-state index is 0.0548. The predicted octanol–water partition coefficient (Wildman–Crippen LogP) is 0.953. The molecule has 0 spiro atoms. The first kappa shape index (κ1) is 13.3. The van der Waals surface area contributed by atoms with Crippen molar-refractivity contribution in [2.75, 3.05) is 13.6 Å². The van der Waals surface area contributed by atoms with Gasteiger partial charge in [-0.3, -0.25) is 9.59 Å². The Morgan fingerprint density at radius 1 is 1.32 bits per heavy atom. The van der Waals surface area contributed by atoms with Crippen LogP contribution in [0, 0.1) is 0 Å². The molecule has 0 saturated carbocycles. The van der Waals surface area contributed by atoms with Gasteiger partial charge in [0, 0.05) is 26.4 Å². The van der Waals surface area contributed by atoms with Crippen LogP contribution in [0.4, 0.5) is 0 Å². The maximum Gasteiger partial charge on any atom is 0.267 e. The Hall–Kier alpha value is -2.17. The molecule has 1 heterocycles. The summed E-state index contributed by atoms with van der Waals surface area (Å²) in [6.45, 7) is 0.569. The van der Waals surface area contributed by atoms with Crippen molar-refractivity contribution >= 4 is 17.5 Å². The summed E-state index contributed by atoms with van der Waals surface area (Å²) < 4.78 is 0. The monoisotopic (exact) mass is 259 g/mol. The summed E-state index contributed by atoms with van der Waals surface area (Å²) >= 11 is 0. The Labute approximate surface area is 112 Å². The molecule has 0 saturated heterocycles. The van der Waals surface area contributed by atoms with Gasteiger partial charge in [0.15, 0.2) is 0 Å². The van der Waals surface area contributed by atoms with Crippen molar-refractivity contribution in [2.24, 2.45) is 5.10 Å². The number of benzene rings is 1. The van der Waals surface area contributed by atoms with E-state index in [1.807, 2.05) is 30.3 Å². The molecule has 0 aromatic heterocycles. The quantitative estimate of drug-likeness (QED) is 0.875. The smallest absolute Gasteiger partial charge is 0.267 e. The van der Waals surface area contributed by atoms with Crippen LogP contribution in [0.5, 0.6) is 0 Å². The van der Waals surface area contributed by atoms with E-state index in [9.17, 15) is 9.59 Å². The van der Waals surface area contributed by atoms with Crippen LogP contribution in [0.2, 0.25) is 0 Å². The first-order chi connectivity index (χ1) is 9.16. The summed E-state index contributed by atoms with van der Waals surface area (Å²) in [5.74, 6) is -0.240. The summed E-state index contributed by atoms with van der Waals surface area (Å²) in [5.41, 5.74) is 1.61. The average Bonchev–Trinajstić information content (AvgIpc) is 2.43. The zero-order valence-corrected chi connectivity index (χ0v) is 10.9. The van der Waals surface area contributed by atoms with Crippen molar-refractivity contribution in [2.45, 2.75) is 19.3 Å². The minimum Gasteiger partial charge on any atom is -0.351 e. The zero-order chi connectivity index (χ0) is 13.7. The third kappa shape index (κ3) is 3.64. The lowest BCUT2D eigenvalue weighted by Crippen LogP contribution is -2.38. The van der Waals surface area contributed by atoms with Gasteiger partial charge < -0.3 is 5.32 Å². The van der Waals surface area contributed by atoms with Crippen molar-refractivity contribution in [3.8, 4) is 0 Å². The number of carbonyl (C=O) groups is 2. The molecular weight excluding hydrogens is 242 g/mol. The van der Waals surface area contributed by atoms with Crippen LogP contribution >= 0.6 is 0 Å². The number of amides is 2. The highest BCUT2D eigenvalue weighted by Crippen LogP contribution is 2.07. The van der Waals surface area contributed by atoms with Crippen molar-refractivity contribution < 1.29 is 9.59 Å². The first-order valence-corrected chi connectivity index (χ1v) is 6.33. The highest BCUT2D eigenvalue weighted by molar-refractivity contribution is 6.39. The van der Waals surface area contributed by atoms with E-state index in [1.54, 1.807) is 7.05 Å². The second-order valence-electron chi connectivity index (χ2n) is 4.46. The molecule has 2 amide bonds. The van der Waals surface area contributed by atoms with Crippen molar-refractivity contribution in [3.05, 3.63) is 35.9 Å². The topological polar surface area (TPSA) is 61.8 Å². The molecule has 0 bridgehead atoms. The largest absolute Gasteiger partial charge is 0.351 e. The van der Waals surface area contributed by atoms with Crippen molar-refractivity contribution in [1.82, 2.24) is 10.3 Å². The van der Waals surface area contributed by atoms with Crippen LogP contribution in [0.15, 0.2) is 35.4 Å². The lowest BCUT2D eigenvalue weighted by Gasteiger charge is -2.18. The molecule has 100 valence electrons. The molecule has 1 aromatic carbocycles. The Morgan fingerprint density at radius 2 is 2.05 bits per heavy atom. The number of carbonyl (C=O) groups excluding carboxylic acids is 2. The van der Waals surface area contributed by atoms with Gasteiger partial charge in [-0.05, 0) is 12.0 Å². The number of rotatable bonds is 4. The molecular formula is C14H17N3O2. The Balaban J connectivity index is 1.82.